The van der Waals surface area contributed by atoms with E-state index in [0.717, 1.165) is 5.56 Å². The van der Waals surface area contributed by atoms with E-state index >= 15 is 0 Å². The summed E-state index contributed by atoms with van der Waals surface area (Å²) in [5, 5.41) is 2.84. The molecule has 1 N–H and O–H groups in total. The molecular weight excluding hydrogens is 246 g/mol. The Morgan fingerprint density at radius 1 is 1.26 bits per heavy atom. The zero-order valence-electron chi connectivity index (χ0n) is 11.2. The Morgan fingerprint density at radius 2 is 1.95 bits per heavy atom. The normalized spacial score (nSPS) is 11.7. The molecule has 1 unspecified atom stereocenters. The molecule has 0 aromatic heterocycles. The van der Waals surface area contributed by atoms with Gasteiger partial charge in [0, 0.05) is 6.54 Å². The number of hydrogen-bond donors (Lipinski definition) is 1. The second-order valence-corrected chi connectivity index (χ2v) is 4.20. The first-order valence-corrected chi connectivity index (χ1v) is 6.11. The molecule has 0 bridgehead atoms. The van der Waals surface area contributed by atoms with Crippen molar-refractivity contribution in [1.29, 1.82) is 0 Å². The molecule has 0 amide bonds. The summed E-state index contributed by atoms with van der Waals surface area (Å²) in [6.45, 7) is 2.48. The molecule has 0 fully saturated rings. The van der Waals surface area contributed by atoms with E-state index in [-0.39, 0.29) is 31.0 Å². The van der Waals surface area contributed by atoms with Gasteiger partial charge in [-0.15, -0.1) is 0 Å². The number of carbonyl (C=O) groups excluding carboxylic acids is 2. The predicted molar refractivity (Wildman–Crippen MR) is 70.3 cm³/mol. The molecular formula is C14H19NO4. The molecule has 0 heterocycles. The maximum atomic E-state index is 11.7. The molecule has 0 spiro atoms. The van der Waals surface area contributed by atoms with Gasteiger partial charge < -0.3 is 14.8 Å². The number of benzene rings is 1. The Labute approximate surface area is 112 Å². The molecule has 5 nitrogen and oxygen atoms in total. The first-order chi connectivity index (χ1) is 9.13. The maximum absolute atomic E-state index is 11.7. The number of carbonyl (C=O) groups is 2. The molecule has 0 saturated heterocycles. The lowest BCUT2D eigenvalue weighted by molar-refractivity contribution is -0.149. The Morgan fingerprint density at radius 3 is 2.58 bits per heavy atom. The van der Waals surface area contributed by atoms with Crippen LogP contribution < -0.4 is 5.32 Å². The Bertz CT molecular complexity index is 405. The zero-order valence-corrected chi connectivity index (χ0v) is 11.2. The zero-order chi connectivity index (χ0) is 14.1. The minimum absolute atomic E-state index is 0.0901. The molecule has 0 aliphatic carbocycles. The van der Waals surface area contributed by atoms with Gasteiger partial charge >= 0.3 is 11.9 Å². The fourth-order valence-electron chi connectivity index (χ4n) is 1.42. The van der Waals surface area contributed by atoms with Crippen LogP contribution in [-0.4, -0.2) is 32.1 Å². The maximum Gasteiger partial charge on any atom is 0.319 e. The van der Waals surface area contributed by atoms with Crippen molar-refractivity contribution in [3.05, 3.63) is 35.9 Å². The highest BCUT2D eigenvalue weighted by Gasteiger charge is 2.14. The van der Waals surface area contributed by atoms with Crippen LogP contribution in [0.15, 0.2) is 30.3 Å². The lowest BCUT2D eigenvalue weighted by Crippen LogP contribution is -2.32. The largest absolute Gasteiger partial charge is 0.468 e. The Balaban J connectivity index is 2.23. The van der Waals surface area contributed by atoms with Crippen LogP contribution in [0, 0.1) is 5.92 Å². The van der Waals surface area contributed by atoms with Crippen LogP contribution in [0.2, 0.25) is 0 Å². The van der Waals surface area contributed by atoms with Crippen molar-refractivity contribution in [1.82, 2.24) is 5.32 Å². The minimum atomic E-state index is -0.357. The fourth-order valence-corrected chi connectivity index (χ4v) is 1.42. The van der Waals surface area contributed by atoms with Crippen LogP contribution in [0.3, 0.4) is 0 Å². The van der Waals surface area contributed by atoms with Crippen LogP contribution in [-0.2, 0) is 25.7 Å². The van der Waals surface area contributed by atoms with E-state index in [9.17, 15) is 9.59 Å². The number of rotatable bonds is 7. The van der Waals surface area contributed by atoms with Gasteiger partial charge in [-0.05, 0) is 5.56 Å². The number of ether oxygens (including phenoxy) is 2. The average molecular weight is 265 g/mol. The summed E-state index contributed by atoms with van der Waals surface area (Å²) in [6, 6.07) is 9.49. The van der Waals surface area contributed by atoms with Gasteiger partial charge in [0.05, 0.1) is 19.6 Å². The van der Waals surface area contributed by atoms with E-state index in [0.29, 0.717) is 6.54 Å². The summed E-state index contributed by atoms with van der Waals surface area (Å²) in [7, 11) is 1.32. The number of nitrogens with one attached hydrogen (secondary N) is 1. The highest BCUT2D eigenvalue weighted by molar-refractivity contribution is 5.73. The summed E-state index contributed by atoms with van der Waals surface area (Å²) < 4.78 is 9.66. The lowest BCUT2D eigenvalue weighted by Gasteiger charge is -2.12. The van der Waals surface area contributed by atoms with Gasteiger partial charge in [-0.25, -0.2) is 0 Å². The van der Waals surface area contributed by atoms with Crippen molar-refractivity contribution in [3.8, 4) is 0 Å². The van der Waals surface area contributed by atoms with E-state index < -0.39 is 0 Å². The molecule has 1 aromatic rings. The molecule has 1 aromatic carbocycles. The lowest BCUT2D eigenvalue weighted by atomic mass is 10.2. The van der Waals surface area contributed by atoms with Gasteiger partial charge in [0.15, 0.2) is 0 Å². The van der Waals surface area contributed by atoms with Crippen LogP contribution >= 0.6 is 0 Å². The average Bonchev–Trinajstić information content (AvgIpc) is 2.45. The molecule has 5 heteroatoms. The van der Waals surface area contributed by atoms with Crippen molar-refractivity contribution in [2.75, 3.05) is 20.2 Å². The van der Waals surface area contributed by atoms with Crippen molar-refractivity contribution in [2.45, 2.75) is 13.5 Å². The molecule has 0 radical (unpaired) electrons. The molecule has 19 heavy (non-hydrogen) atoms. The molecule has 0 aliphatic rings. The van der Waals surface area contributed by atoms with E-state index in [1.54, 1.807) is 6.92 Å². The number of methoxy groups -OCH3 is 1. The van der Waals surface area contributed by atoms with E-state index in [1.807, 2.05) is 30.3 Å². The summed E-state index contributed by atoms with van der Waals surface area (Å²) >= 11 is 0. The Hall–Kier alpha value is -1.88. The third-order valence-corrected chi connectivity index (χ3v) is 2.57. The predicted octanol–water partition coefficient (Wildman–Crippen LogP) is 1.13. The molecule has 0 aliphatic heterocycles. The third-order valence-electron chi connectivity index (χ3n) is 2.57. The second kappa shape index (κ2) is 8.26. The van der Waals surface area contributed by atoms with Crippen molar-refractivity contribution in [3.63, 3.8) is 0 Å². The SMILES string of the molecule is COC(=O)CNCC(C)C(=O)OCc1ccccc1. The standard InChI is InChI=1S/C14H19NO4/c1-11(8-15-9-13(16)18-2)14(17)19-10-12-6-4-3-5-7-12/h3-7,11,15H,8-10H2,1-2H3. The van der Waals surface area contributed by atoms with E-state index in [4.69, 9.17) is 4.74 Å². The monoisotopic (exact) mass is 265 g/mol. The number of esters is 2. The molecule has 1 rings (SSSR count). The first-order valence-electron chi connectivity index (χ1n) is 6.11. The van der Waals surface area contributed by atoms with Gasteiger partial charge in [0.25, 0.3) is 0 Å². The molecule has 0 saturated carbocycles. The van der Waals surface area contributed by atoms with Crippen LogP contribution in [0.25, 0.3) is 0 Å². The topological polar surface area (TPSA) is 64.6 Å². The molecule has 1 atom stereocenters. The van der Waals surface area contributed by atoms with Gasteiger partial charge in [-0.1, -0.05) is 37.3 Å². The fraction of sp³-hybridized carbons (Fsp3) is 0.429. The number of hydrogen-bond acceptors (Lipinski definition) is 5. The Kier molecular flexibility index (Phi) is 6.60. The van der Waals surface area contributed by atoms with Crippen LogP contribution in [0.5, 0.6) is 0 Å². The van der Waals surface area contributed by atoms with E-state index in [2.05, 4.69) is 10.1 Å². The molecule has 104 valence electrons. The highest BCUT2D eigenvalue weighted by atomic mass is 16.5. The smallest absolute Gasteiger partial charge is 0.319 e. The summed E-state index contributed by atoms with van der Waals surface area (Å²) in [6.07, 6.45) is 0. The first kappa shape index (κ1) is 15.2. The van der Waals surface area contributed by atoms with Crippen LogP contribution in [0.4, 0.5) is 0 Å². The van der Waals surface area contributed by atoms with Gasteiger partial charge in [0.1, 0.15) is 6.61 Å². The van der Waals surface area contributed by atoms with E-state index in [1.165, 1.54) is 7.11 Å². The minimum Gasteiger partial charge on any atom is -0.468 e. The van der Waals surface area contributed by atoms with Gasteiger partial charge in [0.2, 0.25) is 0 Å². The van der Waals surface area contributed by atoms with Gasteiger partial charge in [-0.3, -0.25) is 9.59 Å². The van der Waals surface area contributed by atoms with Crippen molar-refractivity contribution >= 4 is 11.9 Å². The summed E-state index contributed by atoms with van der Waals surface area (Å²) in [5.74, 6) is -0.959. The van der Waals surface area contributed by atoms with Crippen molar-refractivity contribution in [2.24, 2.45) is 5.92 Å². The summed E-state index contributed by atoms with van der Waals surface area (Å²) in [4.78, 5) is 22.6. The quantitative estimate of drug-likeness (QED) is 0.749. The second-order valence-electron chi connectivity index (χ2n) is 4.20. The van der Waals surface area contributed by atoms with Gasteiger partial charge in [-0.2, -0.15) is 0 Å². The van der Waals surface area contributed by atoms with Crippen LogP contribution in [0.1, 0.15) is 12.5 Å². The third kappa shape index (κ3) is 6.01. The summed E-state index contributed by atoms with van der Waals surface area (Å²) in [5.41, 5.74) is 0.950. The van der Waals surface area contributed by atoms with Crippen molar-refractivity contribution < 1.29 is 19.1 Å². The highest BCUT2D eigenvalue weighted by Crippen LogP contribution is 2.04.